The van der Waals surface area contributed by atoms with Crippen LogP contribution in [0.25, 0.3) is 0 Å². The topological polar surface area (TPSA) is 72.9 Å². The predicted molar refractivity (Wildman–Crippen MR) is 104 cm³/mol. The first-order valence-corrected chi connectivity index (χ1v) is 8.81. The fourth-order valence-electron chi connectivity index (χ4n) is 3.28. The molecule has 1 aromatic carbocycles. The maximum absolute atomic E-state index is 12.6. The van der Waals surface area contributed by atoms with Gasteiger partial charge in [-0.05, 0) is 36.9 Å². The number of nitrogens with zero attached hydrogens (tertiary/aromatic N) is 2. The van der Waals surface area contributed by atoms with E-state index in [1.54, 1.807) is 23.0 Å². The normalized spacial score (nSPS) is 19.5. The fraction of sp³-hybridized carbons (Fsp3) is 0.412. The Hall–Kier alpha value is -1.27. The second-order valence-electron chi connectivity index (χ2n) is 6.11. The first-order chi connectivity index (χ1) is 11.6. The monoisotopic (exact) mass is 402 g/mol. The van der Waals surface area contributed by atoms with Gasteiger partial charge in [-0.1, -0.05) is 41.8 Å². The lowest BCUT2D eigenvalue weighted by Crippen LogP contribution is -2.30. The van der Waals surface area contributed by atoms with Crippen LogP contribution in [0.3, 0.4) is 0 Å². The van der Waals surface area contributed by atoms with E-state index >= 15 is 0 Å². The average molecular weight is 404 g/mol. The van der Waals surface area contributed by atoms with Crippen LogP contribution in [0.1, 0.15) is 24.8 Å². The molecular weight excluding hydrogens is 383 g/mol. The Morgan fingerprint density at radius 3 is 2.88 bits per heavy atom. The van der Waals surface area contributed by atoms with Crippen LogP contribution in [0.2, 0.25) is 10.0 Å². The molecule has 0 unspecified atom stereocenters. The number of carbonyl (C=O) groups excluding carboxylic acids is 1. The van der Waals surface area contributed by atoms with Crippen LogP contribution in [0.4, 0.5) is 5.82 Å². The molecule has 1 amide bonds. The highest BCUT2D eigenvalue weighted by Gasteiger charge is 2.32. The fourth-order valence-corrected chi connectivity index (χ4v) is 3.66. The summed E-state index contributed by atoms with van der Waals surface area (Å²) < 4.78 is 1.71. The van der Waals surface area contributed by atoms with E-state index in [9.17, 15) is 4.79 Å². The van der Waals surface area contributed by atoms with Gasteiger partial charge in [-0.3, -0.25) is 4.79 Å². The molecule has 1 fully saturated rings. The number of rotatable bonds is 5. The van der Waals surface area contributed by atoms with E-state index in [0.29, 0.717) is 29.0 Å². The molecule has 25 heavy (non-hydrogen) atoms. The Bertz CT molecular complexity index is 734. The minimum Gasteiger partial charge on any atom is -0.330 e. The molecule has 0 saturated heterocycles. The number of anilines is 1. The Morgan fingerprint density at radius 1 is 1.32 bits per heavy atom. The first kappa shape index (κ1) is 20.0. The standard InChI is InChI=1S/C17H20Cl2N4O.ClH/c18-14-6-2-4-12(16(14)19)10-23-15(7-8-21-23)22-17(24)13-5-1-3-11(13)9-20;/h2,4,6-8,11,13H,1,3,5,9-10,20H2,(H,22,24);1H/t11-,13-;/m1./s1. The van der Waals surface area contributed by atoms with Crippen LogP contribution in [-0.2, 0) is 11.3 Å². The van der Waals surface area contributed by atoms with E-state index in [2.05, 4.69) is 10.4 Å². The maximum atomic E-state index is 12.6. The third-order valence-electron chi connectivity index (χ3n) is 4.62. The van der Waals surface area contributed by atoms with E-state index in [-0.39, 0.29) is 30.2 Å². The zero-order valence-corrected chi connectivity index (χ0v) is 15.9. The largest absolute Gasteiger partial charge is 0.330 e. The Labute approximate surface area is 163 Å². The van der Waals surface area contributed by atoms with Crippen LogP contribution in [0.15, 0.2) is 30.5 Å². The summed E-state index contributed by atoms with van der Waals surface area (Å²) in [5.41, 5.74) is 6.62. The summed E-state index contributed by atoms with van der Waals surface area (Å²) in [5, 5.41) is 8.27. The number of benzene rings is 1. The number of hydrogen-bond acceptors (Lipinski definition) is 3. The minimum absolute atomic E-state index is 0. The highest BCUT2D eigenvalue weighted by molar-refractivity contribution is 6.42. The summed E-state index contributed by atoms with van der Waals surface area (Å²) in [5.74, 6) is 0.914. The maximum Gasteiger partial charge on any atom is 0.228 e. The molecule has 1 aliphatic rings. The van der Waals surface area contributed by atoms with Gasteiger partial charge in [0, 0.05) is 12.0 Å². The lowest BCUT2D eigenvalue weighted by Gasteiger charge is -2.18. The Morgan fingerprint density at radius 2 is 2.12 bits per heavy atom. The van der Waals surface area contributed by atoms with Gasteiger partial charge in [0.25, 0.3) is 0 Å². The molecule has 5 nitrogen and oxygen atoms in total. The zero-order chi connectivity index (χ0) is 17.1. The van der Waals surface area contributed by atoms with Crippen molar-refractivity contribution in [1.82, 2.24) is 9.78 Å². The van der Waals surface area contributed by atoms with Crippen LogP contribution < -0.4 is 11.1 Å². The Balaban J connectivity index is 0.00000225. The smallest absolute Gasteiger partial charge is 0.228 e. The van der Waals surface area contributed by atoms with Gasteiger partial charge in [0.1, 0.15) is 5.82 Å². The van der Waals surface area contributed by atoms with Gasteiger partial charge in [-0.25, -0.2) is 4.68 Å². The van der Waals surface area contributed by atoms with Crippen molar-refractivity contribution in [3.63, 3.8) is 0 Å². The molecule has 0 aliphatic heterocycles. The number of nitrogens with two attached hydrogens (primary N) is 1. The zero-order valence-electron chi connectivity index (χ0n) is 13.6. The van der Waals surface area contributed by atoms with E-state index in [1.807, 2.05) is 12.1 Å². The number of aromatic nitrogens is 2. The molecule has 2 aromatic rings. The molecule has 0 spiro atoms. The molecule has 0 radical (unpaired) electrons. The van der Waals surface area contributed by atoms with Crippen LogP contribution >= 0.6 is 35.6 Å². The van der Waals surface area contributed by atoms with Gasteiger partial charge < -0.3 is 11.1 Å². The predicted octanol–water partition coefficient (Wildman–Crippen LogP) is 3.97. The molecule has 136 valence electrons. The second kappa shape index (κ2) is 8.90. The Kier molecular flexibility index (Phi) is 7.14. The molecule has 1 heterocycles. The van der Waals surface area contributed by atoms with Crippen molar-refractivity contribution < 1.29 is 4.79 Å². The number of halogens is 3. The SMILES string of the molecule is Cl.NC[C@H]1CCC[C@H]1C(=O)Nc1ccnn1Cc1cccc(Cl)c1Cl. The third-order valence-corrected chi connectivity index (χ3v) is 5.48. The minimum atomic E-state index is -0.0203. The summed E-state index contributed by atoms with van der Waals surface area (Å²) in [6.45, 7) is 0.989. The van der Waals surface area contributed by atoms with Crippen molar-refractivity contribution in [3.05, 3.63) is 46.1 Å². The number of nitrogens with one attached hydrogen (secondary N) is 1. The van der Waals surface area contributed by atoms with Gasteiger partial charge in [0.05, 0.1) is 22.8 Å². The van der Waals surface area contributed by atoms with E-state index in [1.165, 1.54) is 0 Å². The van der Waals surface area contributed by atoms with Crippen LogP contribution in [0, 0.1) is 11.8 Å². The highest BCUT2D eigenvalue weighted by atomic mass is 35.5. The van der Waals surface area contributed by atoms with Crippen molar-refractivity contribution >= 4 is 47.3 Å². The molecule has 8 heteroatoms. The summed E-state index contributed by atoms with van der Waals surface area (Å²) in [6, 6.07) is 7.26. The van der Waals surface area contributed by atoms with Gasteiger partial charge in [0.2, 0.25) is 5.91 Å². The quantitative estimate of drug-likeness (QED) is 0.793. The molecule has 1 aliphatic carbocycles. The van der Waals surface area contributed by atoms with E-state index in [0.717, 1.165) is 24.8 Å². The highest BCUT2D eigenvalue weighted by Crippen LogP contribution is 2.32. The van der Waals surface area contributed by atoms with Crippen molar-refractivity contribution in [2.24, 2.45) is 17.6 Å². The third kappa shape index (κ3) is 4.47. The van der Waals surface area contributed by atoms with Crippen molar-refractivity contribution in [2.45, 2.75) is 25.8 Å². The summed E-state index contributed by atoms with van der Waals surface area (Å²) in [6.07, 6.45) is 4.62. The molecule has 3 rings (SSSR count). The molecule has 2 atom stereocenters. The molecule has 3 N–H and O–H groups in total. The van der Waals surface area contributed by atoms with Crippen molar-refractivity contribution in [1.29, 1.82) is 0 Å². The van der Waals surface area contributed by atoms with Crippen molar-refractivity contribution in [2.75, 3.05) is 11.9 Å². The number of amides is 1. The summed E-state index contributed by atoms with van der Waals surface area (Å²) in [7, 11) is 0. The van der Waals surface area contributed by atoms with Gasteiger partial charge >= 0.3 is 0 Å². The second-order valence-corrected chi connectivity index (χ2v) is 6.89. The van der Waals surface area contributed by atoms with Crippen molar-refractivity contribution in [3.8, 4) is 0 Å². The molecular formula is C17H21Cl3N4O. The lowest BCUT2D eigenvalue weighted by atomic mass is 9.95. The van der Waals surface area contributed by atoms with Gasteiger partial charge in [0.15, 0.2) is 0 Å². The van der Waals surface area contributed by atoms with E-state index < -0.39 is 0 Å². The van der Waals surface area contributed by atoms with Crippen LogP contribution in [0.5, 0.6) is 0 Å². The van der Waals surface area contributed by atoms with E-state index in [4.69, 9.17) is 28.9 Å². The van der Waals surface area contributed by atoms with Gasteiger partial charge in [-0.2, -0.15) is 5.10 Å². The number of hydrogen-bond donors (Lipinski definition) is 2. The first-order valence-electron chi connectivity index (χ1n) is 8.05. The van der Waals surface area contributed by atoms with Crippen LogP contribution in [-0.4, -0.2) is 22.2 Å². The lowest BCUT2D eigenvalue weighted by molar-refractivity contribution is -0.120. The molecule has 1 saturated carbocycles. The number of carbonyl (C=O) groups is 1. The molecule has 0 bridgehead atoms. The summed E-state index contributed by atoms with van der Waals surface area (Å²) >= 11 is 12.3. The summed E-state index contributed by atoms with van der Waals surface area (Å²) in [4.78, 5) is 12.6. The molecule has 1 aromatic heterocycles. The van der Waals surface area contributed by atoms with Gasteiger partial charge in [-0.15, -0.1) is 12.4 Å². The average Bonchev–Trinajstić information content (AvgIpc) is 3.21.